The molecule has 1 saturated carbocycles. The number of rotatable bonds is 6. The van der Waals surface area contributed by atoms with E-state index in [9.17, 15) is 9.90 Å². The van der Waals surface area contributed by atoms with Gasteiger partial charge in [-0.3, -0.25) is 0 Å². The van der Waals surface area contributed by atoms with Gasteiger partial charge in [0.05, 0.1) is 6.10 Å². The summed E-state index contributed by atoms with van der Waals surface area (Å²) in [5.41, 5.74) is 0.732. The lowest BCUT2D eigenvalue weighted by molar-refractivity contribution is -0.157. The van der Waals surface area contributed by atoms with Crippen LogP contribution < -0.4 is 0 Å². The van der Waals surface area contributed by atoms with Gasteiger partial charge in [0.25, 0.3) is 0 Å². The molecule has 0 saturated heterocycles. The molecule has 0 aromatic heterocycles. The summed E-state index contributed by atoms with van der Waals surface area (Å²) in [6.45, 7) is 4.49. The third-order valence-corrected chi connectivity index (χ3v) is 4.19. The lowest BCUT2D eigenvalue weighted by Gasteiger charge is -2.32. The van der Waals surface area contributed by atoms with Crippen LogP contribution >= 0.6 is 0 Å². The topological polar surface area (TPSA) is 46.5 Å². The first kappa shape index (κ1) is 16.0. The van der Waals surface area contributed by atoms with Crippen LogP contribution in [0.15, 0.2) is 30.3 Å². The molecule has 3 heteroatoms. The standard InChI is InChI=1S/C18H26O3/c1-13(2)11-14-7-6-10-16(12-14)21-17(18(19)20)15-8-4-3-5-9-15/h3-5,8-9,13-14,16-17H,6-7,10-12H2,1-2H3,(H,19,20)/t14?,16?,17-/m0/s1. The van der Waals surface area contributed by atoms with Gasteiger partial charge in [-0.15, -0.1) is 0 Å². The second kappa shape index (κ2) is 7.60. The van der Waals surface area contributed by atoms with E-state index in [4.69, 9.17) is 4.74 Å². The maximum atomic E-state index is 11.5. The summed E-state index contributed by atoms with van der Waals surface area (Å²) in [6.07, 6.45) is 4.81. The van der Waals surface area contributed by atoms with Crippen LogP contribution in [-0.4, -0.2) is 17.2 Å². The van der Waals surface area contributed by atoms with Gasteiger partial charge in [-0.05, 0) is 36.7 Å². The zero-order valence-corrected chi connectivity index (χ0v) is 13.0. The summed E-state index contributed by atoms with van der Waals surface area (Å²) in [6, 6.07) is 9.26. The Balaban J connectivity index is 1.99. The minimum Gasteiger partial charge on any atom is -0.479 e. The molecule has 0 bridgehead atoms. The third kappa shape index (κ3) is 4.85. The van der Waals surface area contributed by atoms with Gasteiger partial charge in [0.1, 0.15) is 0 Å². The molecule has 116 valence electrons. The van der Waals surface area contributed by atoms with Crippen LogP contribution in [0.2, 0.25) is 0 Å². The molecule has 0 radical (unpaired) electrons. The number of carboxylic acids is 1. The molecule has 0 aliphatic heterocycles. The Bertz CT molecular complexity index is 441. The molecule has 1 aromatic rings. The summed E-state index contributed by atoms with van der Waals surface area (Å²) in [5, 5.41) is 9.44. The van der Waals surface area contributed by atoms with Gasteiger partial charge in [-0.2, -0.15) is 0 Å². The van der Waals surface area contributed by atoms with Crippen molar-refractivity contribution in [3.63, 3.8) is 0 Å². The number of benzene rings is 1. The van der Waals surface area contributed by atoms with Crippen LogP contribution in [0.5, 0.6) is 0 Å². The summed E-state index contributed by atoms with van der Waals surface area (Å²) >= 11 is 0. The van der Waals surface area contributed by atoms with E-state index in [1.165, 1.54) is 12.8 Å². The maximum Gasteiger partial charge on any atom is 0.337 e. The van der Waals surface area contributed by atoms with E-state index < -0.39 is 12.1 Å². The molecule has 3 nitrogen and oxygen atoms in total. The fraction of sp³-hybridized carbons (Fsp3) is 0.611. The number of ether oxygens (including phenoxy) is 1. The maximum absolute atomic E-state index is 11.5. The highest BCUT2D eigenvalue weighted by Gasteiger charge is 2.29. The number of carboxylic acid groups (broad SMARTS) is 1. The van der Waals surface area contributed by atoms with E-state index in [1.54, 1.807) is 0 Å². The molecular formula is C18H26O3. The van der Waals surface area contributed by atoms with Crippen molar-refractivity contribution in [1.82, 2.24) is 0 Å². The van der Waals surface area contributed by atoms with Crippen molar-refractivity contribution in [1.29, 1.82) is 0 Å². The van der Waals surface area contributed by atoms with E-state index in [0.717, 1.165) is 24.8 Å². The van der Waals surface area contributed by atoms with Gasteiger partial charge < -0.3 is 9.84 Å². The molecule has 2 rings (SSSR count). The number of aliphatic carboxylic acids is 1. The van der Waals surface area contributed by atoms with Crippen molar-refractivity contribution in [3.8, 4) is 0 Å². The van der Waals surface area contributed by atoms with E-state index in [0.29, 0.717) is 11.8 Å². The fourth-order valence-corrected chi connectivity index (χ4v) is 3.35. The zero-order chi connectivity index (χ0) is 15.2. The van der Waals surface area contributed by atoms with E-state index in [2.05, 4.69) is 13.8 Å². The van der Waals surface area contributed by atoms with Crippen molar-refractivity contribution in [2.45, 2.75) is 58.2 Å². The highest BCUT2D eigenvalue weighted by atomic mass is 16.5. The van der Waals surface area contributed by atoms with Crippen LogP contribution in [0, 0.1) is 11.8 Å². The predicted molar refractivity (Wildman–Crippen MR) is 83.1 cm³/mol. The Morgan fingerprint density at radius 1 is 1.29 bits per heavy atom. The second-order valence-corrected chi connectivity index (χ2v) is 6.55. The SMILES string of the molecule is CC(C)CC1CCCC(O[C@H](C(=O)O)c2ccccc2)C1. The molecule has 3 atom stereocenters. The Hall–Kier alpha value is -1.35. The average molecular weight is 290 g/mol. The van der Waals surface area contributed by atoms with Gasteiger partial charge >= 0.3 is 5.97 Å². The van der Waals surface area contributed by atoms with Crippen molar-refractivity contribution in [2.75, 3.05) is 0 Å². The molecule has 1 aliphatic carbocycles. The van der Waals surface area contributed by atoms with Gasteiger partial charge in [0.2, 0.25) is 0 Å². The smallest absolute Gasteiger partial charge is 0.337 e. The van der Waals surface area contributed by atoms with Crippen molar-refractivity contribution >= 4 is 5.97 Å². The Labute approximate surface area is 127 Å². The first-order chi connectivity index (χ1) is 10.1. The molecule has 1 aromatic carbocycles. The van der Waals surface area contributed by atoms with Gasteiger partial charge in [-0.1, -0.05) is 57.0 Å². The molecule has 2 unspecified atom stereocenters. The molecule has 1 fully saturated rings. The Morgan fingerprint density at radius 3 is 2.62 bits per heavy atom. The molecule has 0 amide bonds. The quantitative estimate of drug-likeness (QED) is 0.842. The highest BCUT2D eigenvalue weighted by molar-refractivity contribution is 5.74. The third-order valence-electron chi connectivity index (χ3n) is 4.19. The Morgan fingerprint density at radius 2 is 2.00 bits per heavy atom. The fourth-order valence-electron chi connectivity index (χ4n) is 3.35. The summed E-state index contributed by atoms with van der Waals surface area (Å²) < 4.78 is 5.95. The lowest BCUT2D eigenvalue weighted by atomic mass is 9.82. The zero-order valence-electron chi connectivity index (χ0n) is 13.0. The van der Waals surface area contributed by atoms with Gasteiger partial charge in [-0.25, -0.2) is 4.79 Å². The normalized spacial score (nSPS) is 24.0. The predicted octanol–water partition coefficient (Wildman–Crippen LogP) is 4.43. The lowest BCUT2D eigenvalue weighted by Crippen LogP contribution is -2.28. The minimum atomic E-state index is -0.896. The van der Waals surface area contributed by atoms with Crippen molar-refractivity contribution in [2.24, 2.45) is 11.8 Å². The average Bonchev–Trinajstić information content (AvgIpc) is 2.45. The summed E-state index contributed by atoms with van der Waals surface area (Å²) in [5.74, 6) is 0.472. The first-order valence-corrected chi connectivity index (χ1v) is 7.99. The summed E-state index contributed by atoms with van der Waals surface area (Å²) in [7, 11) is 0. The second-order valence-electron chi connectivity index (χ2n) is 6.55. The van der Waals surface area contributed by atoms with E-state index in [-0.39, 0.29) is 6.10 Å². The van der Waals surface area contributed by atoms with Crippen molar-refractivity contribution < 1.29 is 14.6 Å². The van der Waals surface area contributed by atoms with E-state index in [1.807, 2.05) is 30.3 Å². The van der Waals surface area contributed by atoms with Crippen LogP contribution in [0.25, 0.3) is 0 Å². The largest absolute Gasteiger partial charge is 0.479 e. The van der Waals surface area contributed by atoms with Gasteiger partial charge in [0.15, 0.2) is 6.10 Å². The monoisotopic (exact) mass is 290 g/mol. The number of hydrogen-bond acceptors (Lipinski definition) is 2. The highest BCUT2D eigenvalue weighted by Crippen LogP contribution is 2.33. The summed E-state index contributed by atoms with van der Waals surface area (Å²) in [4.78, 5) is 11.5. The molecule has 21 heavy (non-hydrogen) atoms. The first-order valence-electron chi connectivity index (χ1n) is 7.99. The van der Waals surface area contributed by atoms with Crippen LogP contribution in [0.4, 0.5) is 0 Å². The molecule has 0 spiro atoms. The van der Waals surface area contributed by atoms with Gasteiger partial charge in [0, 0.05) is 0 Å². The molecule has 1 aliphatic rings. The molecule has 1 N–H and O–H groups in total. The molecular weight excluding hydrogens is 264 g/mol. The van der Waals surface area contributed by atoms with Crippen molar-refractivity contribution in [3.05, 3.63) is 35.9 Å². The van der Waals surface area contributed by atoms with E-state index >= 15 is 0 Å². The van der Waals surface area contributed by atoms with Crippen LogP contribution in [-0.2, 0) is 9.53 Å². The minimum absolute atomic E-state index is 0.0730. The van der Waals surface area contributed by atoms with Crippen LogP contribution in [0.1, 0.15) is 57.6 Å². The molecule has 0 heterocycles. The number of hydrogen-bond donors (Lipinski definition) is 1. The Kier molecular flexibility index (Phi) is 5.80. The number of carbonyl (C=O) groups is 1. The van der Waals surface area contributed by atoms with Crippen LogP contribution in [0.3, 0.4) is 0 Å².